The average molecular weight is 274 g/mol. The van der Waals surface area contributed by atoms with Gasteiger partial charge < -0.3 is 9.15 Å². The Morgan fingerprint density at radius 3 is 2.95 bits per heavy atom. The van der Waals surface area contributed by atoms with Gasteiger partial charge >= 0.3 is 5.97 Å². The number of hydrogen-bond donors (Lipinski definition) is 0. The summed E-state index contributed by atoms with van der Waals surface area (Å²) in [6.07, 6.45) is 6.98. The van der Waals surface area contributed by atoms with Gasteiger partial charge in [0.05, 0.1) is 6.26 Å². The lowest BCUT2D eigenvalue weighted by Gasteiger charge is -2.48. The third kappa shape index (κ3) is 1.75. The first kappa shape index (κ1) is 13.5. The van der Waals surface area contributed by atoms with Crippen LogP contribution in [0.25, 0.3) is 0 Å². The Morgan fingerprint density at radius 1 is 1.50 bits per heavy atom. The molecule has 0 saturated carbocycles. The summed E-state index contributed by atoms with van der Waals surface area (Å²) in [5, 5.41) is 0. The van der Waals surface area contributed by atoms with Crippen LogP contribution in [0, 0.1) is 18.3 Å². The van der Waals surface area contributed by atoms with Gasteiger partial charge in [-0.25, -0.2) is 0 Å². The van der Waals surface area contributed by atoms with Crippen LogP contribution in [0.1, 0.15) is 56.6 Å². The normalized spacial score (nSPS) is 32.1. The van der Waals surface area contributed by atoms with Crippen LogP contribution in [0.2, 0.25) is 0 Å². The standard InChI is InChI=1S/C17H22O3/c1-10-9-19-14-8-13-7-5-6-11(2)17(13,4)16(15(10)14)20-12(3)18/h7,9,11,16H,5-6,8H2,1-4H3/t11-,16+,17+/m0/s1. The molecule has 3 heteroatoms. The molecule has 1 aromatic rings. The number of esters is 1. The van der Waals surface area contributed by atoms with E-state index in [9.17, 15) is 4.79 Å². The summed E-state index contributed by atoms with van der Waals surface area (Å²) >= 11 is 0. The second-order valence-electron chi connectivity index (χ2n) is 6.41. The van der Waals surface area contributed by atoms with Gasteiger partial charge in [-0.3, -0.25) is 4.79 Å². The summed E-state index contributed by atoms with van der Waals surface area (Å²) in [6, 6.07) is 0. The Labute approximate surface area is 120 Å². The van der Waals surface area contributed by atoms with Crippen LogP contribution in [0.15, 0.2) is 22.3 Å². The third-order valence-electron chi connectivity index (χ3n) is 5.25. The number of hydrogen-bond acceptors (Lipinski definition) is 3. The van der Waals surface area contributed by atoms with Crippen LogP contribution in [-0.2, 0) is 16.0 Å². The van der Waals surface area contributed by atoms with Gasteiger partial charge in [0.25, 0.3) is 0 Å². The predicted octanol–water partition coefficient (Wildman–Crippen LogP) is 4.11. The summed E-state index contributed by atoms with van der Waals surface area (Å²) < 4.78 is 11.5. The van der Waals surface area contributed by atoms with Gasteiger partial charge in [-0.2, -0.15) is 0 Å². The van der Waals surface area contributed by atoms with Gasteiger partial charge in [0, 0.05) is 24.3 Å². The molecule has 0 saturated heterocycles. The van der Waals surface area contributed by atoms with E-state index in [1.165, 1.54) is 12.5 Å². The molecular formula is C17H22O3. The van der Waals surface area contributed by atoms with E-state index in [4.69, 9.17) is 9.15 Å². The Bertz CT molecular complexity index is 581. The molecule has 0 aliphatic heterocycles. The number of carbonyl (C=O) groups excluding carboxylic acids is 1. The van der Waals surface area contributed by atoms with Crippen molar-refractivity contribution >= 4 is 5.97 Å². The molecule has 0 radical (unpaired) electrons. The molecule has 0 bridgehead atoms. The molecule has 0 N–H and O–H groups in total. The van der Waals surface area contributed by atoms with E-state index in [-0.39, 0.29) is 17.5 Å². The minimum atomic E-state index is -0.221. The number of rotatable bonds is 1. The van der Waals surface area contributed by atoms with Crippen molar-refractivity contribution in [1.29, 1.82) is 0 Å². The van der Waals surface area contributed by atoms with Gasteiger partial charge in [-0.1, -0.05) is 25.5 Å². The van der Waals surface area contributed by atoms with Crippen molar-refractivity contribution < 1.29 is 13.9 Å². The Kier molecular flexibility index (Phi) is 3.03. The second kappa shape index (κ2) is 4.51. The van der Waals surface area contributed by atoms with Crippen LogP contribution in [-0.4, -0.2) is 5.97 Å². The monoisotopic (exact) mass is 274 g/mol. The van der Waals surface area contributed by atoms with Crippen LogP contribution < -0.4 is 0 Å². The maximum Gasteiger partial charge on any atom is 0.303 e. The topological polar surface area (TPSA) is 39.4 Å². The van der Waals surface area contributed by atoms with E-state index in [1.807, 2.05) is 6.92 Å². The van der Waals surface area contributed by atoms with Crippen LogP contribution in [0.4, 0.5) is 0 Å². The SMILES string of the molecule is CC(=O)O[C@@H]1c2c(C)coc2CC2=CCC[C@H](C)[C@]21C. The van der Waals surface area contributed by atoms with Gasteiger partial charge in [-0.05, 0) is 31.2 Å². The lowest BCUT2D eigenvalue weighted by Crippen LogP contribution is -2.42. The first-order valence-corrected chi connectivity index (χ1v) is 7.38. The van der Waals surface area contributed by atoms with E-state index in [0.29, 0.717) is 5.92 Å². The fraction of sp³-hybridized carbons (Fsp3) is 0.588. The van der Waals surface area contributed by atoms with Gasteiger partial charge in [0.15, 0.2) is 0 Å². The molecule has 0 fully saturated rings. The molecule has 3 rings (SSSR count). The summed E-state index contributed by atoms with van der Waals surface area (Å²) in [7, 11) is 0. The number of aryl methyl sites for hydroxylation is 1. The lowest BCUT2D eigenvalue weighted by atomic mass is 9.58. The van der Waals surface area contributed by atoms with E-state index in [0.717, 1.165) is 36.1 Å². The minimum Gasteiger partial charge on any atom is -0.468 e. The zero-order chi connectivity index (χ0) is 14.5. The highest BCUT2D eigenvalue weighted by atomic mass is 16.5. The zero-order valence-corrected chi connectivity index (χ0v) is 12.7. The first-order valence-electron chi connectivity index (χ1n) is 7.38. The van der Waals surface area contributed by atoms with Crippen molar-refractivity contribution in [1.82, 2.24) is 0 Å². The van der Waals surface area contributed by atoms with Crippen LogP contribution >= 0.6 is 0 Å². The number of furan rings is 1. The number of allylic oxidation sites excluding steroid dienone is 1. The maximum atomic E-state index is 11.6. The van der Waals surface area contributed by atoms with Crippen molar-refractivity contribution in [3.63, 3.8) is 0 Å². The van der Waals surface area contributed by atoms with Crippen molar-refractivity contribution in [3.05, 3.63) is 34.8 Å². The predicted molar refractivity (Wildman–Crippen MR) is 76.2 cm³/mol. The Hall–Kier alpha value is -1.51. The zero-order valence-electron chi connectivity index (χ0n) is 12.7. The second-order valence-corrected chi connectivity index (χ2v) is 6.41. The summed E-state index contributed by atoms with van der Waals surface area (Å²) in [5.41, 5.74) is 3.44. The van der Waals surface area contributed by atoms with Gasteiger partial charge in [0.1, 0.15) is 11.9 Å². The number of ether oxygens (including phenoxy) is 1. The Morgan fingerprint density at radius 2 is 2.25 bits per heavy atom. The van der Waals surface area contributed by atoms with Gasteiger partial charge in [-0.15, -0.1) is 0 Å². The van der Waals surface area contributed by atoms with Crippen molar-refractivity contribution in [3.8, 4) is 0 Å². The van der Waals surface area contributed by atoms with Crippen molar-refractivity contribution in [2.45, 2.75) is 53.1 Å². The molecule has 20 heavy (non-hydrogen) atoms. The van der Waals surface area contributed by atoms with Gasteiger partial charge in [0.2, 0.25) is 0 Å². The van der Waals surface area contributed by atoms with Crippen molar-refractivity contribution in [2.24, 2.45) is 11.3 Å². The maximum absolute atomic E-state index is 11.6. The smallest absolute Gasteiger partial charge is 0.303 e. The molecule has 0 spiro atoms. The largest absolute Gasteiger partial charge is 0.468 e. The lowest BCUT2D eigenvalue weighted by molar-refractivity contribution is -0.155. The molecular weight excluding hydrogens is 252 g/mol. The fourth-order valence-electron chi connectivity index (χ4n) is 3.85. The molecule has 1 aromatic heterocycles. The average Bonchev–Trinajstić information content (AvgIpc) is 2.73. The highest BCUT2D eigenvalue weighted by Crippen LogP contribution is 2.57. The molecule has 2 aliphatic rings. The van der Waals surface area contributed by atoms with E-state index in [2.05, 4.69) is 19.9 Å². The van der Waals surface area contributed by atoms with Crippen molar-refractivity contribution in [2.75, 3.05) is 0 Å². The molecule has 2 aliphatic carbocycles. The summed E-state index contributed by atoms with van der Waals surface area (Å²) in [5.74, 6) is 1.24. The minimum absolute atomic E-state index is 0.106. The number of fused-ring (bicyclic) bond motifs is 2. The molecule has 0 amide bonds. The highest BCUT2D eigenvalue weighted by Gasteiger charge is 2.51. The molecule has 3 atom stereocenters. The summed E-state index contributed by atoms with van der Waals surface area (Å²) in [4.78, 5) is 11.6. The van der Waals surface area contributed by atoms with Crippen LogP contribution in [0.5, 0.6) is 0 Å². The van der Waals surface area contributed by atoms with E-state index < -0.39 is 0 Å². The van der Waals surface area contributed by atoms with Crippen LogP contribution in [0.3, 0.4) is 0 Å². The Balaban J connectivity index is 2.17. The van der Waals surface area contributed by atoms with E-state index >= 15 is 0 Å². The molecule has 0 aromatic carbocycles. The highest BCUT2D eigenvalue weighted by molar-refractivity contribution is 5.67. The third-order valence-corrected chi connectivity index (χ3v) is 5.25. The molecule has 0 unspecified atom stereocenters. The van der Waals surface area contributed by atoms with E-state index in [1.54, 1.807) is 6.26 Å². The fourth-order valence-corrected chi connectivity index (χ4v) is 3.85. The summed E-state index contributed by atoms with van der Waals surface area (Å²) in [6.45, 7) is 8.03. The molecule has 3 nitrogen and oxygen atoms in total. The first-order chi connectivity index (χ1) is 9.44. The molecule has 108 valence electrons. The molecule has 1 heterocycles. The quantitative estimate of drug-likeness (QED) is 0.571. The number of carbonyl (C=O) groups is 1.